The molecule has 0 aliphatic heterocycles. The highest BCUT2D eigenvalue weighted by Gasteiger charge is 2.15. The van der Waals surface area contributed by atoms with Crippen LogP contribution in [0.15, 0.2) is 41.2 Å². The van der Waals surface area contributed by atoms with Crippen LogP contribution in [0.25, 0.3) is 10.9 Å². The lowest BCUT2D eigenvalue weighted by Crippen LogP contribution is -1.97. The van der Waals surface area contributed by atoms with E-state index in [1.54, 1.807) is 12.4 Å². The molecule has 0 fully saturated rings. The third-order valence-corrected chi connectivity index (χ3v) is 3.62. The first kappa shape index (κ1) is 16.8. The number of nitrogens with one attached hydrogen (secondary N) is 1. The van der Waals surface area contributed by atoms with Gasteiger partial charge in [-0.05, 0) is 17.5 Å². The van der Waals surface area contributed by atoms with Gasteiger partial charge >= 0.3 is 5.97 Å². The van der Waals surface area contributed by atoms with Gasteiger partial charge < -0.3 is 14.6 Å². The third kappa shape index (κ3) is 3.80. The molecule has 0 saturated carbocycles. The summed E-state index contributed by atoms with van der Waals surface area (Å²) in [5.74, 6) is 0.847. The van der Waals surface area contributed by atoms with E-state index in [4.69, 9.17) is 9.63 Å². The quantitative estimate of drug-likeness (QED) is 0.728. The zero-order valence-electron chi connectivity index (χ0n) is 13.8. The van der Waals surface area contributed by atoms with Crippen LogP contribution < -0.4 is 0 Å². The van der Waals surface area contributed by atoms with Gasteiger partial charge in [0.2, 0.25) is 0 Å². The Kier molecular flexibility index (Phi) is 5.21. The van der Waals surface area contributed by atoms with E-state index in [9.17, 15) is 4.79 Å². The molecular weight excluding hydrogens is 292 g/mol. The zero-order chi connectivity index (χ0) is 17.0. The van der Waals surface area contributed by atoms with Crippen molar-refractivity contribution in [2.24, 2.45) is 0 Å². The average molecular weight is 314 g/mol. The highest BCUT2D eigenvalue weighted by Crippen LogP contribution is 2.27. The van der Waals surface area contributed by atoms with Gasteiger partial charge in [0.05, 0.1) is 11.8 Å². The molecule has 0 saturated heterocycles. The van der Waals surface area contributed by atoms with E-state index in [0.29, 0.717) is 17.4 Å². The smallest absolute Gasteiger partial charge is 0.337 e. The van der Waals surface area contributed by atoms with E-state index in [1.165, 1.54) is 0 Å². The Labute approximate surface area is 135 Å². The Morgan fingerprint density at radius 2 is 1.91 bits per heavy atom. The molecule has 23 heavy (non-hydrogen) atoms. The molecule has 0 aliphatic rings. The number of nitrogens with zero attached hydrogens (tertiary/aromatic N) is 1. The largest absolute Gasteiger partial charge is 0.478 e. The Morgan fingerprint density at radius 1 is 1.17 bits per heavy atom. The van der Waals surface area contributed by atoms with E-state index in [0.717, 1.165) is 22.2 Å². The summed E-state index contributed by atoms with van der Waals surface area (Å²) in [5, 5.41) is 13.5. The monoisotopic (exact) mass is 314 g/mol. The molecule has 2 aromatic heterocycles. The van der Waals surface area contributed by atoms with Gasteiger partial charge in [-0.15, -0.1) is 0 Å². The average Bonchev–Trinajstić information content (AvgIpc) is 3.16. The van der Waals surface area contributed by atoms with Crippen molar-refractivity contribution in [3.8, 4) is 0 Å². The van der Waals surface area contributed by atoms with Crippen LogP contribution in [0.3, 0.4) is 0 Å². The number of rotatable bonds is 3. The molecule has 3 aromatic rings. The second kappa shape index (κ2) is 7.13. The van der Waals surface area contributed by atoms with E-state index in [-0.39, 0.29) is 0 Å². The van der Waals surface area contributed by atoms with Crippen molar-refractivity contribution >= 4 is 16.9 Å². The lowest BCUT2D eigenvalue weighted by Gasteiger charge is -2.07. The lowest BCUT2D eigenvalue weighted by molar-refractivity contribution is 0.0699. The summed E-state index contributed by atoms with van der Waals surface area (Å²) in [6, 6.07) is 7.70. The summed E-state index contributed by atoms with van der Waals surface area (Å²) >= 11 is 0. The topological polar surface area (TPSA) is 79.1 Å². The standard InChI is InChI=1S/C12H13NO2.C6H9NO/c1-7(2)8-4-3-5-10-11(8)9(6-13-10)12(14)15;1-5(2)6-3-4-7-8-6/h3-7,13H,1-2H3,(H,14,15);3-5H,1-2H3. The predicted octanol–water partition coefficient (Wildman–Crippen LogP) is 4.79. The Bertz CT molecular complexity index is 771. The summed E-state index contributed by atoms with van der Waals surface area (Å²) in [6.07, 6.45) is 3.22. The van der Waals surface area contributed by atoms with E-state index in [1.807, 2.05) is 24.3 Å². The van der Waals surface area contributed by atoms with E-state index >= 15 is 0 Å². The number of hydrogen-bond donors (Lipinski definition) is 2. The molecule has 0 bridgehead atoms. The maximum absolute atomic E-state index is 11.0. The van der Waals surface area contributed by atoms with Gasteiger partial charge in [0.15, 0.2) is 0 Å². The highest BCUT2D eigenvalue weighted by atomic mass is 16.5. The van der Waals surface area contributed by atoms with Crippen LogP contribution in [-0.4, -0.2) is 21.2 Å². The minimum absolute atomic E-state index is 0.322. The number of aromatic carboxylic acids is 1. The van der Waals surface area contributed by atoms with Gasteiger partial charge in [0.1, 0.15) is 5.76 Å². The molecule has 0 amide bonds. The van der Waals surface area contributed by atoms with Crippen LogP contribution in [0.2, 0.25) is 0 Å². The molecule has 2 heterocycles. The molecule has 0 atom stereocenters. The highest BCUT2D eigenvalue weighted by molar-refractivity contribution is 6.04. The van der Waals surface area contributed by atoms with Crippen molar-refractivity contribution in [2.45, 2.75) is 39.5 Å². The number of benzene rings is 1. The fourth-order valence-electron chi connectivity index (χ4n) is 2.39. The maximum atomic E-state index is 11.0. The van der Waals surface area contributed by atoms with Gasteiger partial charge in [-0.25, -0.2) is 4.79 Å². The first-order valence-corrected chi connectivity index (χ1v) is 7.65. The van der Waals surface area contributed by atoms with Crippen molar-refractivity contribution < 1.29 is 14.4 Å². The number of carboxylic acid groups (broad SMARTS) is 1. The number of fused-ring (bicyclic) bond motifs is 1. The molecule has 1 aromatic carbocycles. The summed E-state index contributed by atoms with van der Waals surface area (Å²) < 4.78 is 4.84. The molecule has 5 heteroatoms. The van der Waals surface area contributed by atoms with E-state index in [2.05, 4.69) is 37.8 Å². The van der Waals surface area contributed by atoms with Gasteiger partial charge in [-0.2, -0.15) is 0 Å². The molecule has 122 valence electrons. The number of aromatic nitrogens is 2. The second-order valence-electron chi connectivity index (χ2n) is 6.00. The molecule has 5 nitrogen and oxygen atoms in total. The van der Waals surface area contributed by atoms with Crippen LogP contribution >= 0.6 is 0 Å². The Morgan fingerprint density at radius 3 is 2.39 bits per heavy atom. The lowest BCUT2D eigenvalue weighted by atomic mass is 9.97. The molecule has 0 radical (unpaired) electrons. The predicted molar refractivity (Wildman–Crippen MR) is 89.9 cm³/mol. The number of H-pyrrole nitrogens is 1. The maximum Gasteiger partial charge on any atom is 0.337 e. The molecule has 2 N–H and O–H groups in total. The number of carbonyl (C=O) groups is 1. The van der Waals surface area contributed by atoms with Gasteiger partial charge in [0.25, 0.3) is 0 Å². The zero-order valence-corrected chi connectivity index (χ0v) is 13.8. The molecule has 0 unspecified atom stereocenters. The summed E-state index contributed by atoms with van der Waals surface area (Å²) in [6.45, 7) is 8.27. The first-order valence-electron chi connectivity index (χ1n) is 7.65. The minimum Gasteiger partial charge on any atom is -0.478 e. The van der Waals surface area contributed by atoms with Gasteiger partial charge in [-0.3, -0.25) is 0 Å². The molecule has 3 rings (SSSR count). The van der Waals surface area contributed by atoms with Crippen LogP contribution in [-0.2, 0) is 0 Å². The molecule has 0 aliphatic carbocycles. The van der Waals surface area contributed by atoms with Crippen LogP contribution in [0.4, 0.5) is 0 Å². The first-order chi connectivity index (χ1) is 10.9. The van der Waals surface area contributed by atoms with Crippen LogP contribution in [0, 0.1) is 0 Å². The van der Waals surface area contributed by atoms with Gasteiger partial charge in [0, 0.05) is 29.1 Å². The van der Waals surface area contributed by atoms with Crippen molar-refractivity contribution in [1.82, 2.24) is 10.1 Å². The van der Waals surface area contributed by atoms with Crippen molar-refractivity contribution in [3.63, 3.8) is 0 Å². The summed E-state index contributed by atoms with van der Waals surface area (Å²) in [5.41, 5.74) is 2.32. The fourth-order valence-corrected chi connectivity index (χ4v) is 2.39. The van der Waals surface area contributed by atoms with Crippen molar-refractivity contribution in [1.29, 1.82) is 0 Å². The number of carboxylic acids is 1. The number of aromatic amines is 1. The van der Waals surface area contributed by atoms with E-state index < -0.39 is 5.97 Å². The fraction of sp³-hybridized carbons (Fsp3) is 0.333. The third-order valence-electron chi connectivity index (χ3n) is 3.62. The van der Waals surface area contributed by atoms with Crippen molar-refractivity contribution in [2.75, 3.05) is 0 Å². The summed E-state index contributed by atoms with van der Waals surface area (Å²) in [7, 11) is 0. The normalized spacial score (nSPS) is 10.9. The Hall–Kier alpha value is -2.56. The Balaban J connectivity index is 0.000000203. The number of hydrogen-bond acceptors (Lipinski definition) is 3. The summed E-state index contributed by atoms with van der Waals surface area (Å²) in [4.78, 5) is 14.0. The van der Waals surface area contributed by atoms with Crippen molar-refractivity contribution in [3.05, 3.63) is 53.5 Å². The minimum atomic E-state index is -0.880. The van der Waals surface area contributed by atoms with Gasteiger partial charge in [-0.1, -0.05) is 45.0 Å². The second-order valence-corrected chi connectivity index (χ2v) is 6.00. The molecular formula is C18H22N2O3. The SMILES string of the molecule is CC(C)c1cccc2[nH]cc(C(=O)O)c12.CC(C)c1ccno1. The van der Waals surface area contributed by atoms with Crippen LogP contribution in [0.5, 0.6) is 0 Å². The molecule has 0 spiro atoms. The van der Waals surface area contributed by atoms with Crippen LogP contribution in [0.1, 0.15) is 61.2 Å².